The minimum Gasteiger partial charge on any atom is -0.398 e. The molecule has 2 nitrogen and oxygen atoms in total. The van der Waals surface area contributed by atoms with E-state index in [9.17, 15) is 18.0 Å². The summed E-state index contributed by atoms with van der Waals surface area (Å²) in [4.78, 5) is 11.9. The van der Waals surface area contributed by atoms with E-state index in [1.807, 2.05) is 0 Å². The minimum absolute atomic E-state index is 0.184. The van der Waals surface area contributed by atoms with Crippen LogP contribution in [-0.4, -0.2) is 5.78 Å². The molecule has 0 aromatic heterocycles. The molecule has 0 saturated heterocycles. The molecule has 0 bridgehead atoms. The molecule has 0 spiro atoms. The molecule has 21 heavy (non-hydrogen) atoms. The van der Waals surface area contributed by atoms with Crippen LogP contribution in [0.15, 0.2) is 48.5 Å². The van der Waals surface area contributed by atoms with Gasteiger partial charge >= 0.3 is 6.18 Å². The quantitative estimate of drug-likeness (QED) is 0.869. The van der Waals surface area contributed by atoms with E-state index in [1.54, 1.807) is 30.3 Å². The van der Waals surface area contributed by atoms with Crippen LogP contribution in [0.2, 0.25) is 0 Å². The first kappa shape index (κ1) is 15.1. The Balaban J connectivity index is 2.60. The van der Waals surface area contributed by atoms with Crippen molar-refractivity contribution < 1.29 is 18.0 Å². The van der Waals surface area contributed by atoms with Crippen molar-refractivity contribution >= 4 is 11.5 Å². The standard InChI is InChI=1S/C16H14F3NO/c1-10(21)14(11-6-3-2-4-7-11)12-8-5-9-13(15(12)20)16(17,18)19/h2-9,14H,20H2,1H3. The van der Waals surface area contributed by atoms with Gasteiger partial charge in [0.2, 0.25) is 0 Å². The number of carbonyl (C=O) groups is 1. The molecule has 0 aliphatic heterocycles. The SMILES string of the molecule is CC(=O)C(c1ccccc1)c1cccc(C(F)(F)F)c1N. The largest absolute Gasteiger partial charge is 0.418 e. The Bertz CT molecular complexity index is 650. The second-order valence-electron chi connectivity index (χ2n) is 4.76. The van der Waals surface area contributed by atoms with Gasteiger partial charge in [-0.2, -0.15) is 13.2 Å². The van der Waals surface area contributed by atoms with Gasteiger partial charge in [-0.3, -0.25) is 4.79 Å². The Hall–Kier alpha value is -2.30. The van der Waals surface area contributed by atoms with Gasteiger partial charge in [0.15, 0.2) is 0 Å². The molecule has 0 heterocycles. The third-order valence-electron chi connectivity index (χ3n) is 3.30. The predicted octanol–water partition coefficient (Wildman–Crippen LogP) is 4.01. The number of carbonyl (C=O) groups excluding carboxylic acids is 1. The molecule has 0 radical (unpaired) electrons. The van der Waals surface area contributed by atoms with E-state index in [4.69, 9.17) is 5.73 Å². The third kappa shape index (κ3) is 3.07. The molecule has 2 N–H and O–H groups in total. The van der Waals surface area contributed by atoms with Crippen molar-refractivity contribution in [2.45, 2.75) is 19.0 Å². The number of halogens is 3. The van der Waals surface area contributed by atoms with E-state index < -0.39 is 23.3 Å². The summed E-state index contributed by atoms with van der Waals surface area (Å²) in [6.45, 7) is 1.34. The molecular formula is C16H14F3NO. The predicted molar refractivity (Wildman–Crippen MR) is 74.8 cm³/mol. The van der Waals surface area contributed by atoms with E-state index >= 15 is 0 Å². The average molecular weight is 293 g/mol. The molecule has 5 heteroatoms. The fourth-order valence-electron chi connectivity index (χ4n) is 2.36. The Morgan fingerprint density at radius 2 is 1.67 bits per heavy atom. The van der Waals surface area contributed by atoms with Crippen LogP contribution in [0.25, 0.3) is 0 Å². The van der Waals surface area contributed by atoms with Crippen molar-refractivity contribution in [3.63, 3.8) is 0 Å². The van der Waals surface area contributed by atoms with E-state index in [0.717, 1.165) is 6.07 Å². The number of rotatable bonds is 3. The molecule has 110 valence electrons. The van der Waals surface area contributed by atoms with Gasteiger partial charge in [0.1, 0.15) is 5.78 Å². The maximum Gasteiger partial charge on any atom is 0.418 e. The highest BCUT2D eigenvalue weighted by molar-refractivity contribution is 5.88. The summed E-state index contributed by atoms with van der Waals surface area (Å²) in [6, 6.07) is 12.3. The lowest BCUT2D eigenvalue weighted by atomic mass is 9.86. The lowest BCUT2D eigenvalue weighted by Gasteiger charge is -2.20. The Morgan fingerprint density at radius 1 is 1.05 bits per heavy atom. The van der Waals surface area contributed by atoms with Crippen molar-refractivity contribution in [1.29, 1.82) is 0 Å². The van der Waals surface area contributed by atoms with Crippen molar-refractivity contribution in [2.24, 2.45) is 0 Å². The molecule has 0 fully saturated rings. The second-order valence-corrected chi connectivity index (χ2v) is 4.76. The monoisotopic (exact) mass is 293 g/mol. The summed E-state index contributed by atoms with van der Waals surface area (Å²) in [5, 5.41) is 0. The highest BCUT2D eigenvalue weighted by atomic mass is 19.4. The third-order valence-corrected chi connectivity index (χ3v) is 3.30. The Labute approximate surface area is 120 Å². The van der Waals surface area contributed by atoms with Crippen LogP contribution < -0.4 is 5.73 Å². The number of nitrogens with two attached hydrogens (primary N) is 1. The van der Waals surface area contributed by atoms with Gasteiger partial charge < -0.3 is 5.73 Å². The Morgan fingerprint density at radius 3 is 2.19 bits per heavy atom. The number of alkyl halides is 3. The van der Waals surface area contributed by atoms with E-state index in [-0.39, 0.29) is 11.3 Å². The van der Waals surface area contributed by atoms with E-state index in [2.05, 4.69) is 0 Å². The summed E-state index contributed by atoms with van der Waals surface area (Å²) in [7, 11) is 0. The first-order valence-corrected chi connectivity index (χ1v) is 6.33. The zero-order valence-electron chi connectivity index (χ0n) is 11.3. The smallest absolute Gasteiger partial charge is 0.398 e. The maximum atomic E-state index is 12.9. The summed E-state index contributed by atoms with van der Waals surface area (Å²) < 4.78 is 38.8. The number of benzene rings is 2. The van der Waals surface area contributed by atoms with Crippen LogP contribution in [0, 0.1) is 0 Å². The van der Waals surface area contributed by atoms with Gasteiger partial charge in [0.05, 0.1) is 11.5 Å². The molecule has 1 unspecified atom stereocenters. The number of ketones is 1. The van der Waals surface area contributed by atoms with Crippen LogP contribution in [0.3, 0.4) is 0 Å². The zero-order chi connectivity index (χ0) is 15.6. The molecule has 2 rings (SSSR count). The molecular weight excluding hydrogens is 279 g/mol. The maximum absolute atomic E-state index is 12.9. The number of Topliss-reactive ketones (excluding diaryl/α,β-unsaturated/α-hetero) is 1. The van der Waals surface area contributed by atoms with Crippen molar-refractivity contribution in [1.82, 2.24) is 0 Å². The van der Waals surface area contributed by atoms with Gasteiger partial charge in [-0.15, -0.1) is 0 Å². The summed E-state index contributed by atoms with van der Waals surface area (Å²) in [6.07, 6.45) is -4.54. The van der Waals surface area contributed by atoms with Crippen LogP contribution in [0.1, 0.15) is 29.5 Å². The molecule has 2 aromatic carbocycles. The van der Waals surface area contributed by atoms with Gasteiger partial charge in [-0.25, -0.2) is 0 Å². The van der Waals surface area contributed by atoms with Gasteiger partial charge in [0, 0.05) is 5.69 Å². The number of anilines is 1. The van der Waals surface area contributed by atoms with Crippen LogP contribution >= 0.6 is 0 Å². The van der Waals surface area contributed by atoms with Gasteiger partial charge in [0.25, 0.3) is 0 Å². The van der Waals surface area contributed by atoms with E-state index in [0.29, 0.717) is 5.56 Å². The fraction of sp³-hybridized carbons (Fsp3) is 0.188. The second kappa shape index (κ2) is 5.60. The summed E-state index contributed by atoms with van der Waals surface area (Å²) in [5.74, 6) is -1.05. The molecule has 0 saturated carbocycles. The van der Waals surface area contributed by atoms with Crippen molar-refractivity contribution in [2.75, 3.05) is 5.73 Å². The number of para-hydroxylation sites is 1. The summed E-state index contributed by atoms with van der Waals surface area (Å²) in [5.41, 5.74) is 5.17. The molecule has 0 aliphatic carbocycles. The highest BCUT2D eigenvalue weighted by Gasteiger charge is 2.35. The van der Waals surface area contributed by atoms with Crippen LogP contribution in [0.4, 0.5) is 18.9 Å². The highest BCUT2D eigenvalue weighted by Crippen LogP contribution is 2.39. The minimum atomic E-state index is -4.54. The van der Waals surface area contributed by atoms with E-state index in [1.165, 1.54) is 19.1 Å². The topological polar surface area (TPSA) is 43.1 Å². The lowest BCUT2D eigenvalue weighted by molar-refractivity contribution is -0.137. The number of nitrogen functional groups attached to an aromatic ring is 1. The van der Waals surface area contributed by atoms with Gasteiger partial charge in [-0.05, 0) is 24.1 Å². The first-order valence-electron chi connectivity index (χ1n) is 6.33. The fourth-order valence-corrected chi connectivity index (χ4v) is 2.36. The molecule has 1 atom stereocenters. The van der Waals surface area contributed by atoms with Crippen LogP contribution in [0.5, 0.6) is 0 Å². The van der Waals surface area contributed by atoms with Crippen molar-refractivity contribution in [3.8, 4) is 0 Å². The lowest BCUT2D eigenvalue weighted by Crippen LogP contribution is -2.16. The molecule has 0 aliphatic rings. The molecule has 0 amide bonds. The average Bonchev–Trinajstić information content (AvgIpc) is 2.40. The number of hydrogen-bond acceptors (Lipinski definition) is 2. The van der Waals surface area contributed by atoms with Gasteiger partial charge in [-0.1, -0.05) is 42.5 Å². The Kier molecular flexibility index (Phi) is 4.02. The first-order chi connectivity index (χ1) is 9.82. The zero-order valence-corrected chi connectivity index (χ0v) is 11.3. The normalized spacial score (nSPS) is 13.0. The van der Waals surface area contributed by atoms with Crippen molar-refractivity contribution in [3.05, 3.63) is 65.2 Å². The number of hydrogen-bond donors (Lipinski definition) is 1. The summed E-state index contributed by atoms with van der Waals surface area (Å²) >= 11 is 0. The molecule has 2 aromatic rings. The van der Waals surface area contributed by atoms with Crippen LogP contribution in [-0.2, 0) is 11.0 Å².